The smallest absolute Gasteiger partial charge is 0.0722 e. The summed E-state index contributed by atoms with van der Waals surface area (Å²) in [4.78, 5) is 0. The quantitative estimate of drug-likeness (QED) is 0.139. The Hall–Kier alpha value is -5.06. The topological polar surface area (TPSA) is 27.7 Å². The van der Waals surface area contributed by atoms with Gasteiger partial charge in [-0.15, -0.1) is 0 Å². The van der Waals surface area contributed by atoms with E-state index in [1.807, 2.05) is 0 Å². The third-order valence-corrected chi connectivity index (χ3v) is 33.0. The van der Waals surface area contributed by atoms with Crippen LogP contribution in [0.25, 0.3) is 0 Å². The minimum absolute atomic E-state index is 0.697. The van der Waals surface area contributed by atoms with Gasteiger partial charge in [0.15, 0.2) is 0 Å². The first-order chi connectivity index (χ1) is 49.7. The van der Waals surface area contributed by atoms with Crippen molar-refractivity contribution < 1.29 is 14.2 Å². The van der Waals surface area contributed by atoms with Gasteiger partial charge in [0, 0.05) is 0 Å². The molecule has 0 aromatic heterocycles. The molecule has 29 unspecified atom stereocenters. The first kappa shape index (κ1) is 65.5. The maximum absolute atomic E-state index is 6.48. The van der Waals surface area contributed by atoms with Gasteiger partial charge in [-0.2, -0.15) is 0 Å². The molecule has 10 saturated carbocycles. The van der Waals surface area contributed by atoms with Crippen LogP contribution in [0.4, 0.5) is 0 Å². The van der Waals surface area contributed by atoms with Crippen LogP contribution in [-0.4, -0.2) is 19.8 Å². The third kappa shape index (κ3) is 12.3. The number of fused-ring (bicyclic) bond motifs is 29. The molecule has 0 N–H and O–H groups in total. The summed E-state index contributed by atoms with van der Waals surface area (Å²) in [6, 6.07) is 9.74. The summed E-state index contributed by atoms with van der Waals surface area (Å²) in [6.45, 7) is 11.6. The molecule has 24 aliphatic rings. The number of hydrogen-bond acceptors (Lipinski definition) is 3. The van der Waals surface area contributed by atoms with Crippen molar-refractivity contribution in [3.05, 3.63) is 227 Å². The Bertz CT molecular complexity index is 3500. The lowest BCUT2D eigenvalue weighted by molar-refractivity contribution is 0.0713. The lowest BCUT2D eigenvalue weighted by Gasteiger charge is -2.46. The Balaban J connectivity index is 0.0000000908. The van der Waals surface area contributed by atoms with Crippen LogP contribution < -0.4 is 0 Å². The van der Waals surface area contributed by atoms with Crippen LogP contribution in [0.5, 0.6) is 0 Å². The molecule has 0 saturated heterocycles. The molecule has 29 atom stereocenters. The van der Waals surface area contributed by atoms with E-state index >= 15 is 0 Å². The zero-order valence-electron chi connectivity index (χ0n) is 61.6. The number of rotatable bonds is 14. The van der Waals surface area contributed by atoms with E-state index in [0.29, 0.717) is 37.6 Å². The number of benzene rings is 2. The Labute approximate surface area is 608 Å². The molecule has 3 nitrogen and oxygen atoms in total. The van der Waals surface area contributed by atoms with Gasteiger partial charge < -0.3 is 14.2 Å². The molecule has 22 bridgehead atoms. The first-order valence-electron chi connectivity index (χ1n) is 42.5. The predicted octanol–water partition coefficient (Wildman–Crippen LogP) is 22.6. The average Bonchev–Trinajstić information content (AvgIpc) is 1.58. The van der Waals surface area contributed by atoms with Gasteiger partial charge in [0.05, 0.1) is 39.6 Å². The van der Waals surface area contributed by atoms with Crippen LogP contribution in [0, 0.1) is 204 Å². The summed E-state index contributed by atoms with van der Waals surface area (Å²) in [6.07, 6.45) is 88.5. The summed E-state index contributed by atoms with van der Waals surface area (Å²) in [7, 11) is 0. The van der Waals surface area contributed by atoms with Crippen molar-refractivity contribution in [2.75, 3.05) is 19.8 Å². The van der Waals surface area contributed by atoms with E-state index in [1.54, 1.807) is 11.1 Å². The third-order valence-electron chi connectivity index (χ3n) is 33.0. The molecular formula is C98H120O3. The highest BCUT2D eigenvalue weighted by Gasteiger charge is 2.57. The second-order valence-corrected chi connectivity index (χ2v) is 38.0. The van der Waals surface area contributed by atoms with E-state index in [2.05, 4.69) is 203 Å². The van der Waals surface area contributed by atoms with Crippen LogP contribution in [0.3, 0.4) is 0 Å². The normalized spacial score (nSPS) is 46.6. The molecule has 26 rings (SSSR count). The van der Waals surface area contributed by atoms with Crippen molar-refractivity contribution in [2.45, 2.75) is 168 Å². The number of allylic oxidation sites excluding steroid dienone is 26. The van der Waals surface area contributed by atoms with E-state index in [0.717, 1.165) is 197 Å². The summed E-state index contributed by atoms with van der Waals surface area (Å²) in [5.41, 5.74) is 11.4. The number of ether oxygens (including phenoxy) is 3. The standard InChI is InChI=1S/C36H48O3.C20H22.C13H16.C12H14.C10H12.C7H8/c1-22-34(19-37-16-31-13-25-4-7-28(31)10-25)23(2)36(21-39-18-33-15-27-6-9-30(33)12-27)24(3)35(22)20-38-17-32-14-26-5-8-29(32)11-26;1-3-17-9-13(1)11-19(17)15-5-7-16(8-6-15)20-12-14-2-4-18(20)10-14;1-2-9-4-3-8(1)12-10-5-6-11(7-10)13(9)12;1-2-8-5-7(1)11-9-3-4-10(6-9)12(8)11;1-2-9-7-4-5-8(6-7)10(9)3-1;1-2-7-4-3-6(1)5-7/h4-9,25-33H,10-21H2,1-3H3;1-8,13-14,17-20H,9-12H2;1-2,5-6,8-13H,3-4,7H2;1-4,7-12H,5-6H2;1-2,4-5,7-10H,3,6H2;1-4,6-7H,5H2. The fourth-order valence-corrected chi connectivity index (χ4v) is 27.9. The van der Waals surface area contributed by atoms with Crippen molar-refractivity contribution in [2.24, 2.45) is 183 Å². The van der Waals surface area contributed by atoms with Gasteiger partial charge in [-0.1, -0.05) is 182 Å². The van der Waals surface area contributed by atoms with Crippen molar-refractivity contribution in [3.8, 4) is 0 Å². The van der Waals surface area contributed by atoms with Crippen LogP contribution in [0.1, 0.15) is 172 Å². The van der Waals surface area contributed by atoms with Gasteiger partial charge in [0.25, 0.3) is 0 Å². The van der Waals surface area contributed by atoms with Crippen LogP contribution >= 0.6 is 0 Å². The molecule has 2 aromatic carbocycles. The minimum Gasteiger partial charge on any atom is -0.376 e. The minimum atomic E-state index is 0.697. The molecular weight excluding hydrogens is 1230 g/mol. The maximum Gasteiger partial charge on any atom is 0.0722 e. The fraction of sp³-hybridized carbons (Fsp3) is 0.612. The van der Waals surface area contributed by atoms with Gasteiger partial charge in [-0.3, -0.25) is 0 Å². The Morgan fingerprint density at radius 2 is 0.594 bits per heavy atom. The predicted molar refractivity (Wildman–Crippen MR) is 412 cm³/mol. The van der Waals surface area contributed by atoms with E-state index in [4.69, 9.17) is 14.2 Å². The first-order valence-corrected chi connectivity index (χ1v) is 42.5. The molecule has 0 spiro atoms. The number of hydrogen-bond donors (Lipinski definition) is 0. The highest BCUT2D eigenvalue weighted by molar-refractivity contribution is 5.50. The Morgan fingerprint density at radius 1 is 0.277 bits per heavy atom. The zero-order valence-corrected chi connectivity index (χ0v) is 61.6. The molecule has 0 aliphatic heterocycles. The molecule has 530 valence electrons. The summed E-state index contributed by atoms with van der Waals surface area (Å²) >= 11 is 0. The van der Waals surface area contributed by atoms with Crippen molar-refractivity contribution in [3.63, 3.8) is 0 Å². The lowest BCUT2D eigenvalue weighted by Crippen LogP contribution is -2.38. The second-order valence-electron chi connectivity index (χ2n) is 38.0. The zero-order chi connectivity index (χ0) is 67.0. The van der Waals surface area contributed by atoms with Gasteiger partial charge in [-0.25, -0.2) is 0 Å². The molecule has 10 fully saturated rings. The summed E-state index contributed by atoms with van der Waals surface area (Å²) < 4.78 is 19.4. The van der Waals surface area contributed by atoms with E-state index in [9.17, 15) is 0 Å². The Kier molecular flexibility index (Phi) is 17.7. The van der Waals surface area contributed by atoms with Crippen LogP contribution in [0.2, 0.25) is 0 Å². The fourth-order valence-electron chi connectivity index (χ4n) is 27.9. The van der Waals surface area contributed by atoms with Gasteiger partial charge >= 0.3 is 0 Å². The average molecular weight is 1350 g/mol. The van der Waals surface area contributed by atoms with Crippen molar-refractivity contribution >= 4 is 0 Å². The summed E-state index contributed by atoms with van der Waals surface area (Å²) in [5, 5.41) is 0. The van der Waals surface area contributed by atoms with Gasteiger partial charge in [0.1, 0.15) is 0 Å². The van der Waals surface area contributed by atoms with E-state index in [-0.39, 0.29) is 0 Å². The summed E-state index contributed by atoms with van der Waals surface area (Å²) in [5.74, 6) is 29.1. The molecule has 101 heavy (non-hydrogen) atoms. The second kappa shape index (κ2) is 27.4. The monoisotopic (exact) mass is 1340 g/mol. The molecule has 0 heterocycles. The molecule has 24 aliphatic carbocycles. The SMILES string of the molecule is C1=CC2C3C=CC(C3)C2C1.C1=CC2C=CC1C2.C1=CC2CC1C1C3C=CC(C3)C21.C1=CC2CC1CC2c1ccc(C2CC3C=CC2C3)cc1.C1=CC2CCC1C1C3C=CC(C3)C21.Cc1c(COCC2CC3C=CC2C3)c(C)c(COCC2CC3C=CC2C3)c(C)c1COCC1CC2C=CC1C2. The van der Waals surface area contributed by atoms with Crippen LogP contribution in [0.15, 0.2) is 182 Å². The largest absolute Gasteiger partial charge is 0.376 e. The lowest BCUT2D eigenvalue weighted by atomic mass is 9.59. The highest BCUT2D eigenvalue weighted by atomic mass is 16.5. The molecule has 0 radical (unpaired) electrons. The van der Waals surface area contributed by atoms with E-state index < -0.39 is 0 Å². The maximum atomic E-state index is 6.48. The molecule has 3 heteroatoms. The van der Waals surface area contributed by atoms with E-state index in [1.165, 1.54) is 149 Å². The van der Waals surface area contributed by atoms with Crippen molar-refractivity contribution in [1.82, 2.24) is 0 Å². The van der Waals surface area contributed by atoms with Crippen molar-refractivity contribution in [1.29, 1.82) is 0 Å². The highest BCUT2D eigenvalue weighted by Crippen LogP contribution is 2.64. The molecule has 0 amide bonds. The van der Waals surface area contributed by atoms with Gasteiger partial charge in [0.2, 0.25) is 0 Å². The van der Waals surface area contributed by atoms with Gasteiger partial charge in [-0.05, 0) is 376 Å². The molecule has 2 aromatic rings. The van der Waals surface area contributed by atoms with Crippen LogP contribution in [-0.2, 0) is 34.0 Å². The Morgan fingerprint density at radius 3 is 0.901 bits per heavy atom.